The molecular weight excluding hydrogens is 236 g/mol. The summed E-state index contributed by atoms with van der Waals surface area (Å²) in [6.45, 7) is 9.08. The largest absolute Gasteiger partial charge is 0.342 e. The van der Waals surface area contributed by atoms with E-state index < -0.39 is 0 Å². The van der Waals surface area contributed by atoms with E-state index in [0.717, 1.165) is 11.1 Å². The van der Waals surface area contributed by atoms with E-state index >= 15 is 0 Å². The normalized spacial score (nSPS) is 13.2. The monoisotopic (exact) mass is 262 g/mol. The summed E-state index contributed by atoms with van der Waals surface area (Å²) in [7, 11) is 1.88. The van der Waals surface area contributed by atoms with Gasteiger partial charge in [0, 0.05) is 19.6 Å². The lowest BCUT2D eigenvalue weighted by Crippen LogP contribution is -2.43. The van der Waals surface area contributed by atoms with Crippen molar-refractivity contribution in [1.82, 2.24) is 4.90 Å². The van der Waals surface area contributed by atoms with Crippen LogP contribution in [-0.4, -0.2) is 23.9 Å². The minimum absolute atomic E-state index is 0.0911. The molecule has 0 fully saturated rings. The number of nitrogens with two attached hydrogens (primary N) is 1. The summed E-state index contributed by atoms with van der Waals surface area (Å²) in [5.74, 6) is 0.155. The van der Waals surface area contributed by atoms with Gasteiger partial charge in [-0.05, 0) is 23.5 Å². The van der Waals surface area contributed by atoms with Gasteiger partial charge in [-0.1, -0.05) is 45.0 Å². The van der Waals surface area contributed by atoms with E-state index in [9.17, 15) is 4.79 Å². The van der Waals surface area contributed by atoms with Gasteiger partial charge >= 0.3 is 0 Å². The van der Waals surface area contributed by atoms with Gasteiger partial charge in [0.25, 0.3) is 0 Å². The first-order valence-corrected chi connectivity index (χ1v) is 6.79. The number of nitrogens with zero attached hydrogens (tertiary/aromatic N) is 1. The topological polar surface area (TPSA) is 46.3 Å². The maximum Gasteiger partial charge on any atom is 0.226 e. The highest BCUT2D eigenvalue weighted by atomic mass is 16.2. The fourth-order valence-corrected chi connectivity index (χ4v) is 1.89. The molecule has 0 radical (unpaired) electrons. The van der Waals surface area contributed by atoms with Crippen LogP contribution in [0.3, 0.4) is 0 Å². The molecule has 1 unspecified atom stereocenters. The average molecular weight is 262 g/mol. The second kappa shape index (κ2) is 6.20. The first-order chi connectivity index (χ1) is 8.75. The first kappa shape index (κ1) is 15.7. The third-order valence-corrected chi connectivity index (χ3v) is 3.84. The number of rotatable bonds is 4. The van der Waals surface area contributed by atoms with Crippen molar-refractivity contribution in [2.45, 2.75) is 46.7 Å². The molecule has 19 heavy (non-hydrogen) atoms. The molecule has 1 atom stereocenters. The van der Waals surface area contributed by atoms with E-state index in [1.165, 1.54) is 0 Å². The van der Waals surface area contributed by atoms with E-state index in [0.29, 0.717) is 13.0 Å². The van der Waals surface area contributed by atoms with Crippen LogP contribution in [0.1, 0.15) is 38.8 Å². The standard InChI is InChI=1S/C16H26N2O/c1-12(16(2,3)4)18(5)15(19)10-13-6-8-14(11-17)9-7-13/h6-9,12H,10-11,17H2,1-5H3. The molecule has 106 valence electrons. The molecule has 2 N–H and O–H groups in total. The smallest absolute Gasteiger partial charge is 0.226 e. The quantitative estimate of drug-likeness (QED) is 0.906. The molecular formula is C16H26N2O. The van der Waals surface area contributed by atoms with Gasteiger partial charge in [0.1, 0.15) is 0 Å². The highest BCUT2D eigenvalue weighted by Gasteiger charge is 2.26. The number of amides is 1. The van der Waals surface area contributed by atoms with Crippen molar-refractivity contribution in [2.24, 2.45) is 11.1 Å². The lowest BCUT2D eigenvalue weighted by atomic mass is 9.87. The molecule has 3 heteroatoms. The third kappa shape index (κ3) is 4.35. The van der Waals surface area contributed by atoms with Crippen LogP contribution in [0.15, 0.2) is 24.3 Å². The minimum Gasteiger partial charge on any atom is -0.342 e. The van der Waals surface area contributed by atoms with Gasteiger partial charge in [-0.3, -0.25) is 4.79 Å². The van der Waals surface area contributed by atoms with E-state index in [1.54, 1.807) is 0 Å². The lowest BCUT2D eigenvalue weighted by molar-refractivity contribution is -0.132. The molecule has 0 aliphatic carbocycles. The first-order valence-electron chi connectivity index (χ1n) is 6.79. The third-order valence-electron chi connectivity index (χ3n) is 3.84. The summed E-state index contributed by atoms with van der Waals surface area (Å²) in [5, 5.41) is 0. The molecule has 0 aromatic heterocycles. The predicted molar refractivity (Wildman–Crippen MR) is 79.7 cm³/mol. The SMILES string of the molecule is CC(N(C)C(=O)Cc1ccc(CN)cc1)C(C)(C)C. The molecule has 0 heterocycles. The average Bonchev–Trinajstić information content (AvgIpc) is 2.36. The van der Waals surface area contributed by atoms with Crippen molar-refractivity contribution in [3.63, 3.8) is 0 Å². The number of benzene rings is 1. The number of carbonyl (C=O) groups is 1. The van der Waals surface area contributed by atoms with Crippen LogP contribution in [0, 0.1) is 5.41 Å². The molecule has 1 rings (SSSR count). The Labute approximate surface area is 116 Å². The minimum atomic E-state index is 0.0911. The Hall–Kier alpha value is -1.35. The summed E-state index contributed by atoms with van der Waals surface area (Å²) in [6.07, 6.45) is 0.446. The molecule has 0 aliphatic heterocycles. The Bertz CT molecular complexity index is 417. The van der Waals surface area contributed by atoms with Crippen molar-refractivity contribution >= 4 is 5.91 Å². The molecule has 1 amide bonds. The van der Waals surface area contributed by atoms with Gasteiger partial charge in [-0.25, -0.2) is 0 Å². The zero-order chi connectivity index (χ0) is 14.6. The van der Waals surface area contributed by atoms with E-state index in [4.69, 9.17) is 5.73 Å². The molecule has 0 saturated heterocycles. The molecule has 1 aromatic carbocycles. The number of hydrogen-bond acceptors (Lipinski definition) is 2. The summed E-state index contributed by atoms with van der Waals surface area (Å²) in [4.78, 5) is 14.1. The number of carbonyl (C=O) groups excluding carboxylic acids is 1. The van der Waals surface area contributed by atoms with Crippen LogP contribution in [0.25, 0.3) is 0 Å². The molecule has 0 aliphatic rings. The van der Waals surface area contributed by atoms with E-state index in [-0.39, 0.29) is 17.4 Å². The summed E-state index contributed by atoms with van der Waals surface area (Å²) >= 11 is 0. The maximum atomic E-state index is 12.3. The Morgan fingerprint density at radius 3 is 2.11 bits per heavy atom. The van der Waals surface area contributed by atoms with Crippen LogP contribution < -0.4 is 5.73 Å². The van der Waals surface area contributed by atoms with E-state index in [1.807, 2.05) is 36.2 Å². The van der Waals surface area contributed by atoms with Crippen LogP contribution >= 0.6 is 0 Å². The summed E-state index contributed by atoms with van der Waals surface area (Å²) in [6, 6.07) is 8.14. The van der Waals surface area contributed by atoms with Crippen molar-refractivity contribution in [2.75, 3.05) is 7.05 Å². The molecule has 1 aromatic rings. The van der Waals surface area contributed by atoms with Crippen LogP contribution in [0.5, 0.6) is 0 Å². The van der Waals surface area contributed by atoms with Crippen molar-refractivity contribution in [3.8, 4) is 0 Å². The van der Waals surface area contributed by atoms with Crippen molar-refractivity contribution in [3.05, 3.63) is 35.4 Å². The van der Waals surface area contributed by atoms with Crippen LogP contribution in [0.2, 0.25) is 0 Å². The molecule has 3 nitrogen and oxygen atoms in total. The fraction of sp³-hybridized carbons (Fsp3) is 0.562. The predicted octanol–water partition coefficient (Wildman–Crippen LogP) is 2.58. The van der Waals surface area contributed by atoms with Crippen molar-refractivity contribution < 1.29 is 4.79 Å². The van der Waals surface area contributed by atoms with Crippen LogP contribution in [0.4, 0.5) is 0 Å². The van der Waals surface area contributed by atoms with Gasteiger partial charge in [0.05, 0.1) is 6.42 Å². The fourth-order valence-electron chi connectivity index (χ4n) is 1.89. The number of hydrogen-bond donors (Lipinski definition) is 1. The second-order valence-electron chi connectivity index (χ2n) is 6.24. The molecule has 0 spiro atoms. The summed E-state index contributed by atoms with van der Waals surface area (Å²) in [5.41, 5.74) is 7.78. The van der Waals surface area contributed by atoms with Crippen molar-refractivity contribution in [1.29, 1.82) is 0 Å². The van der Waals surface area contributed by atoms with E-state index in [2.05, 4.69) is 27.7 Å². The van der Waals surface area contributed by atoms with Gasteiger partial charge in [-0.15, -0.1) is 0 Å². The molecule has 0 saturated carbocycles. The van der Waals surface area contributed by atoms with Gasteiger partial charge in [0.2, 0.25) is 5.91 Å². The Balaban J connectivity index is 2.68. The maximum absolute atomic E-state index is 12.3. The van der Waals surface area contributed by atoms with Gasteiger partial charge in [0.15, 0.2) is 0 Å². The number of likely N-dealkylation sites (N-methyl/N-ethyl adjacent to an activating group) is 1. The Morgan fingerprint density at radius 1 is 1.21 bits per heavy atom. The van der Waals surface area contributed by atoms with Gasteiger partial charge < -0.3 is 10.6 Å². The van der Waals surface area contributed by atoms with Crippen LogP contribution in [-0.2, 0) is 17.8 Å². The highest BCUT2D eigenvalue weighted by molar-refractivity contribution is 5.78. The zero-order valence-electron chi connectivity index (χ0n) is 12.7. The second-order valence-corrected chi connectivity index (χ2v) is 6.24. The highest BCUT2D eigenvalue weighted by Crippen LogP contribution is 2.23. The molecule has 0 bridgehead atoms. The Kier molecular flexibility index (Phi) is 5.12. The lowest BCUT2D eigenvalue weighted by Gasteiger charge is -2.35. The Morgan fingerprint density at radius 2 is 1.68 bits per heavy atom. The zero-order valence-corrected chi connectivity index (χ0v) is 12.7. The van der Waals surface area contributed by atoms with Gasteiger partial charge in [-0.2, -0.15) is 0 Å². The summed E-state index contributed by atoms with van der Waals surface area (Å²) < 4.78 is 0.